The number of primary sulfonamides is 1. The minimum Gasteiger partial charge on any atom is -0.379 e. The zero-order valence-electron chi connectivity index (χ0n) is 12.9. The number of nitrogens with zero attached hydrogens (tertiary/aromatic N) is 1. The Balaban J connectivity index is 2.40. The first-order chi connectivity index (χ1) is 9.80. The van der Waals surface area contributed by atoms with E-state index in [1.54, 1.807) is 12.1 Å². The molecule has 21 heavy (non-hydrogen) atoms. The summed E-state index contributed by atoms with van der Waals surface area (Å²) in [5, 5.41) is 8.42. The molecule has 0 aromatic heterocycles. The Hall–Kier alpha value is -0.990. The molecule has 0 spiro atoms. The molecule has 1 rings (SSSR count). The van der Waals surface area contributed by atoms with Gasteiger partial charge in [-0.15, -0.1) is 0 Å². The number of nitrogens with one attached hydrogen (secondary N) is 1. The molecule has 0 saturated heterocycles. The third kappa shape index (κ3) is 7.01. The van der Waals surface area contributed by atoms with Crippen LogP contribution in [-0.4, -0.2) is 53.7 Å². The minimum atomic E-state index is -3.66. The Kier molecular flexibility index (Phi) is 7.27. The van der Waals surface area contributed by atoms with Crippen molar-refractivity contribution in [2.24, 2.45) is 5.14 Å². The molecule has 1 unspecified atom stereocenters. The van der Waals surface area contributed by atoms with Crippen LogP contribution in [0.15, 0.2) is 29.2 Å². The highest BCUT2D eigenvalue weighted by Gasteiger charge is 2.11. The summed E-state index contributed by atoms with van der Waals surface area (Å²) in [4.78, 5) is 2.20. The maximum Gasteiger partial charge on any atom is 0.238 e. The molecule has 0 aliphatic heterocycles. The van der Waals surface area contributed by atoms with Crippen molar-refractivity contribution in [2.45, 2.75) is 17.9 Å². The summed E-state index contributed by atoms with van der Waals surface area (Å²) in [7, 11) is 0.348. The fraction of sp³-hybridized carbons (Fsp3) is 0.571. The number of nitrogens with two attached hydrogens (primary N) is 1. The molecular weight excluding hydrogens is 290 g/mol. The third-order valence-electron chi connectivity index (χ3n) is 3.07. The van der Waals surface area contributed by atoms with Gasteiger partial charge in [-0.1, -0.05) is 12.1 Å². The van der Waals surface area contributed by atoms with E-state index in [-0.39, 0.29) is 10.9 Å². The van der Waals surface area contributed by atoms with E-state index in [0.29, 0.717) is 19.8 Å². The summed E-state index contributed by atoms with van der Waals surface area (Å²) in [5.41, 5.74) is 0.884. The van der Waals surface area contributed by atoms with E-state index in [0.717, 1.165) is 12.1 Å². The second-order valence-electron chi connectivity index (χ2n) is 5.21. The molecule has 0 fully saturated rings. The maximum atomic E-state index is 11.3. The number of benzene rings is 1. The quantitative estimate of drug-likeness (QED) is 0.651. The maximum absolute atomic E-state index is 11.3. The van der Waals surface area contributed by atoms with E-state index < -0.39 is 10.0 Å². The molecule has 7 heteroatoms. The average molecular weight is 315 g/mol. The van der Waals surface area contributed by atoms with Crippen LogP contribution < -0.4 is 10.5 Å². The van der Waals surface area contributed by atoms with Gasteiger partial charge in [-0.25, -0.2) is 13.6 Å². The van der Waals surface area contributed by atoms with E-state index in [4.69, 9.17) is 9.88 Å². The lowest BCUT2D eigenvalue weighted by atomic mass is 10.1. The highest BCUT2D eigenvalue weighted by molar-refractivity contribution is 7.89. The molecule has 0 amide bonds. The smallest absolute Gasteiger partial charge is 0.238 e. The highest BCUT2D eigenvalue weighted by atomic mass is 32.2. The molecular formula is C14H25N3O3S. The second-order valence-corrected chi connectivity index (χ2v) is 6.77. The fourth-order valence-corrected chi connectivity index (χ4v) is 2.34. The van der Waals surface area contributed by atoms with Crippen molar-refractivity contribution in [3.8, 4) is 0 Å². The second kappa shape index (κ2) is 8.45. The molecule has 0 heterocycles. The molecule has 0 saturated carbocycles. The summed E-state index contributed by atoms with van der Waals surface area (Å²) >= 11 is 0. The van der Waals surface area contributed by atoms with Gasteiger partial charge in [0.2, 0.25) is 10.0 Å². The van der Waals surface area contributed by atoms with Gasteiger partial charge >= 0.3 is 0 Å². The van der Waals surface area contributed by atoms with Crippen molar-refractivity contribution in [2.75, 3.05) is 40.4 Å². The molecule has 0 bridgehead atoms. The first-order valence-corrected chi connectivity index (χ1v) is 8.44. The van der Waals surface area contributed by atoms with E-state index >= 15 is 0 Å². The average Bonchev–Trinajstić information content (AvgIpc) is 2.41. The summed E-state index contributed by atoms with van der Waals surface area (Å²) in [6, 6.07) is 6.69. The van der Waals surface area contributed by atoms with Gasteiger partial charge in [0.1, 0.15) is 0 Å². The van der Waals surface area contributed by atoms with Crippen LogP contribution in [0.1, 0.15) is 18.5 Å². The van der Waals surface area contributed by atoms with Crippen LogP contribution in [-0.2, 0) is 14.8 Å². The van der Waals surface area contributed by atoms with Crippen molar-refractivity contribution in [3.63, 3.8) is 0 Å². The van der Waals surface area contributed by atoms with Crippen LogP contribution in [0.5, 0.6) is 0 Å². The number of ether oxygens (including phenoxy) is 1. The van der Waals surface area contributed by atoms with Gasteiger partial charge in [0.25, 0.3) is 0 Å². The van der Waals surface area contributed by atoms with Gasteiger partial charge in [0, 0.05) is 19.1 Å². The lowest BCUT2D eigenvalue weighted by Crippen LogP contribution is -2.25. The number of rotatable bonds is 9. The van der Waals surface area contributed by atoms with Gasteiger partial charge < -0.3 is 15.0 Å². The van der Waals surface area contributed by atoms with E-state index in [1.165, 1.54) is 6.07 Å². The summed E-state index contributed by atoms with van der Waals surface area (Å²) in [6.07, 6.45) is 0. The largest absolute Gasteiger partial charge is 0.379 e. The van der Waals surface area contributed by atoms with Crippen LogP contribution in [0.25, 0.3) is 0 Å². The van der Waals surface area contributed by atoms with E-state index in [2.05, 4.69) is 10.2 Å². The van der Waals surface area contributed by atoms with E-state index in [9.17, 15) is 8.42 Å². The highest BCUT2D eigenvalue weighted by Crippen LogP contribution is 2.16. The molecule has 0 radical (unpaired) electrons. The molecule has 1 aromatic rings. The SMILES string of the molecule is CC(NCCOCCN(C)C)c1cccc(S(N)(=O)=O)c1. The summed E-state index contributed by atoms with van der Waals surface area (Å²) < 4.78 is 28.1. The monoisotopic (exact) mass is 315 g/mol. The van der Waals surface area contributed by atoms with Gasteiger partial charge in [-0.2, -0.15) is 0 Å². The first kappa shape index (κ1) is 18.1. The van der Waals surface area contributed by atoms with Gasteiger partial charge in [-0.3, -0.25) is 0 Å². The molecule has 3 N–H and O–H groups in total. The van der Waals surface area contributed by atoms with Crippen LogP contribution in [0.2, 0.25) is 0 Å². The number of hydrogen-bond donors (Lipinski definition) is 2. The third-order valence-corrected chi connectivity index (χ3v) is 3.98. The Bertz CT molecular complexity index is 532. The molecule has 120 valence electrons. The minimum absolute atomic E-state index is 0.0316. The predicted octanol–water partition coefficient (Wildman–Crippen LogP) is 0.563. The zero-order chi connectivity index (χ0) is 15.9. The number of sulfonamides is 1. The van der Waals surface area contributed by atoms with E-state index in [1.807, 2.05) is 27.1 Å². The van der Waals surface area contributed by atoms with Gasteiger partial charge in [0.15, 0.2) is 0 Å². The van der Waals surface area contributed by atoms with Crippen molar-refractivity contribution in [1.82, 2.24) is 10.2 Å². The lowest BCUT2D eigenvalue weighted by Gasteiger charge is -2.15. The fourth-order valence-electron chi connectivity index (χ4n) is 1.78. The Morgan fingerprint density at radius 2 is 2.05 bits per heavy atom. The molecule has 0 aliphatic carbocycles. The summed E-state index contributed by atoms with van der Waals surface area (Å²) in [5.74, 6) is 0. The Morgan fingerprint density at radius 1 is 1.33 bits per heavy atom. The van der Waals surface area contributed by atoms with Crippen molar-refractivity contribution < 1.29 is 13.2 Å². The predicted molar refractivity (Wildman–Crippen MR) is 83.6 cm³/mol. The van der Waals surface area contributed by atoms with Gasteiger partial charge in [0.05, 0.1) is 18.1 Å². The molecule has 6 nitrogen and oxygen atoms in total. The summed E-state index contributed by atoms with van der Waals surface area (Å²) in [6.45, 7) is 4.89. The van der Waals surface area contributed by atoms with Gasteiger partial charge in [-0.05, 0) is 38.7 Å². The molecule has 0 aliphatic rings. The van der Waals surface area contributed by atoms with Crippen LogP contribution >= 0.6 is 0 Å². The zero-order valence-corrected chi connectivity index (χ0v) is 13.7. The van der Waals surface area contributed by atoms with Crippen molar-refractivity contribution >= 4 is 10.0 Å². The van der Waals surface area contributed by atoms with Crippen LogP contribution in [0, 0.1) is 0 Å². The standard InChI is InChI=1S/C14H25N3O3S/c1-12(16-7-9-20-10-8-17(2)3)13-5-4-6-14(11-13)21(15,18)19/h4-6,11-12,16H,7-10H2,1-3H3,(H2,15,18,19). The first-order valence-electron chi connectivity index (χ1n) is 6.89. The van der Waals surface area contributed by atoms with Crippen molar-refractivity contribution in [3.05, 3.63) is 29.8 Å². The lowest BCUT2D eigenvalue weighted by molar-refractivity contribution is 0.118. The van der Waals surface area contributed by atoms with Crippen molar-refractivity contribution in [1.29, 1.82) is 0 Å². The number of likely N-dealkylation sites (N-methyl/N-ethyl adjacent to an activating group) is 1. The van der Waals surface area contributed by atoms with Crippen LogP contribution in [0.4, 0.5) is 0 Å². The molecule has 1 atom stereocenters. The topological polar surface area (TPSA) is 84.7 Å². The molecule has 1 aromatic carbocycles. The normalized spacial score (nSPS) is 13.6. The Labute approximate surface area is 127 Å². The number of hydrogen-bond acceptors (Lipinski definition) is 5. The Morgan fingerprint density at radius 3 is 2.67 bits per heavy atom. The van der Waals surface area contributed by atoms with Crippen LogP contribution in [0.3, 0.4) is 0 Å².